The quantitative estimate of drug-likeness (QED) is 0.831. The van der Waals surface area contributed by atoms with Crippen LogP contribution in [-0.2, 0) is 4.79 Å². The Morgan fingerprint density at radius 2 is 2.12 bits per heavy atom. The smallest absolute Gasteiger partial charge is 0.241 e. The number of carbonyl (C=O) groups excluding carboxylic acids is 1. The van der Waals surface area contributed by atoms with Crippen molar-refractivity contribution in [1.82, 2.24) is 5.32 Å². The fourth-order valence-corrected chi connectivity index (χ4v) is 1.29. The van der Waals surface area contributed by atoms with E-state index in [9.17, 15) is 13.6 Å². The van der Waals surface area contributed by atoms with Crippen molar-refractivity contribution in [2.45, 2.75) is 26.3 Å². The fourth-order valence-electron chi connectivity index (χ4n) is 1.29. The molecule has 94 valence electrons. The summed E-state index contributed by atoms with van der Waals surface area (Å²) in [6, 6.07) is 2.62. The largest absolute Gasteiger partial charge is 0.322 e. The molecule has 0 aliphatic carbocycles. The van der Waals surface area contributed by atoms with Gasteiger partial charge in [0.05, 0.1) is 11.7 Å². The highest BCUT2D eigenvalue weighted by Gasteiger charge is 2.13. The van der Waals surface area contributed by atoms with Gasteiger partial charge < -0.3 is 10.6 Å². The third-order valence-electron chi connectivity index (χ3n) is 2.28. The first-order valence-corrected chi connectivity index (χ1v) is 5.54. The molecule has 17 heavy (non-hydrogen) atoms. The molecule has 0 spiro atoms. The summed E-state index contributed by atoms with van der Waals surface area (Å²) in [6.07, 6.45) is 0.905. The van der Waals surface area contributed by atoms with Gasteiger partial charge in [0.25, 0.3) is 0 Å². The van der Waals surface area contributed by atoms with Gasteiger partial charge >= 0.3 is 0 Å². The van der Waals surface area contributed by atoms with Crippen LogP contribution in [0, 0.1) is 11.6 Å². The van der Waals surface area contributed by atoms with Gasteiger partial charge in [0.2, 0.25) is 5.91 Å². The van der Waals surface area contributed by atoms with Gasteiger partial charge in [0.1, 0.15) is 11.6 Å². The topological polar surface area (TPSA) is 41.1 Å². The number of hydrogen-bond acceptors (Lipinski definition) is 2. The number of nitrogens with one attached hydrogen (secondary N) is 2. The van der Waals surface area contributed by atoms with E-state index in [0.717, 1.165) is 18.6 Å². The number of hydrogen-bond donors (Lipinski definition) is 2. The van der Waals surface area contributed by atoms with Crippen LogP contribution >= 0.6 is 0 Å². The van der Waals surface area contributed by atoms with Gasteiger partial charge in [0.15, 0.2) is 0 Å². The molecule has 2 N–H and O–H groups in total. The van der Waals surface area contributed by atoms with Gasteiger partial charge in [-0.15, -0.1) is 0 Å². The van der Waals surface area contributed by atoms with Crippen molar-refractivity contribution in [3.63, 3.8) is 0 Å². The lowest BCUT2D eigenvalue weighted by Gasteiger charge is -2.13. The number of amides is 1. The molecule has 0 aromatic heterocycles. The molecule has 0 bridgehead atoms. The zero-order chi connectivity index (χ0) is 12.8. The highest BCUT2D eigenvalue weighted by atomic mass is 19.1. The first-order valence-electron chi connectivity index (χ1n) is 5.54. The summed E-state index contributed by atoms with van der Waals surface area (Å²) in [4.78, 5) is 11.6. The van der Waals surface area contributed by atoms with E-state index in [0.29, 0.717) is 6.54 Å². The van der Waals surface area contributed by atoms with Gasteiger partial charge in [-0.05, 0) is 32.0 Å². The Morgan fingerprint density at radius 1 is 1.41 bits per heavy atom. The number of halogens is 2. The predicted molar refractivity (Wildman–Crippen MR) is 62.7 cm³/mol. The van der Waals surface area contributed by atoms with E-state index < -0.39 is 17.7 Å². The Hall–Kier alpha value is -1.49. The monoisotopic (exact) mass is 242 g/mol. The molecule has 1 aromatic carbocycles. The molecule has 0 aliphatic heterocycles. The molecule has 0 aliphatic rings. The van der Waals surface area contributed by atoms with Crippen LogP contribution < -0.4 is 10.6 Å². The minimum atomic E-state index is -0.777. The summed E-state index contributed by atoms with van der Waals surface area (Å²) < 4.78 is 25.9. The highest BCUT2D eigenvalue weighted by Crippen LogP contribution is 2.14. The summed E-state index contributed by atoms with van der Waals surface area (Å²) in [5.74, 6) is -1.79. The van der Waals surface area contributed by atoms with Gasteiger partial charge in [-0.25, -0.2) is 8.78 Å². The van der Waals surface area contributed by atoms with Crippen molar-refractivity contribution in [2.75, 3.05) is 11.9 Å². The van der Waals surface area contributed by atoms with Crippen molar-refractivity contribution in [1.29, 1.82) is 0 Å². The third-order valence-corrected chi connectivity index (χ3v) is 2.28. The number of rotatable bonds is 5. The number of benzene rings is 1. The van der Waals surface area contributed by atoms with Crippen molar-refractivity contribution >= 4 is 11.6 Å². The van der Waals surface area contributed by atoms with Crippen LogP contribution in [0.15, 0.2) is 18.2 Å². The lowest BCUT2D eigenvalue weighted by Crippen LogP contribution is -2.38. The Bertz CT molecular complexity index is 396. The average molecular weight is 242 g/mol. The van der Waals surface area contributed by atoms with Crippen LogP contribution in [0.3, 0.4) is 0 Å². The Kier molecular flexibility index (Phi) is 5.03. The van der Waals surface area contributed by atoms with Gasteiger partial charge in [-0.2, -0.15) is 0 Å². The van der Waals surface area contributed by atoms with E-state index in [1.165, 1.54) is 6.07 Å². The van der Waals surface area contributed by atoms with Crippen molar-refractivity contribution in [3.8, 4) is 0 Å². The van der Waals surface area contributed by atoms with Crippen LogP contribution in [0.2, 0.25) is 0 Å². The zero-order valence-corrected chi connectivity index (χ0v) is 9.89. The summed E-state index contributed by atoms with van der Waals surface area (Å²) in [7, 11) is 0. The number of anilines is 1. The van der Waals surface area contributed by atoms with Crippen LogP contribution in [0.1, 0.15) is 20.3 Å². The molecule has 0 saturated carbocycles. The van der Waals surface area contributed by atoms with Crippen LogP contribution in [0.4, 0.5) is 14.5 Å². The second kappa shape index (κ2) is 6.30. The van der Waals surface area contributed by atoms with Crippen LogP contribution in [0.25, 0.3) is 0 Å². The maximum atomic E-state index is 13.3. The van der Waals surface area contributed by atoms with Gasteiger partial charge in [-0.3, -0.25) is 4.79 Å². The van der Waals surface area contributed by atoms with E-state index in [4.69, 9.17) is 0 Å². The molecule has 1 amide bonds. The molecular weight excluding hydrogens is 226 g/mol. The number of carbonyl (C=O) groups is 1. The maximum absolute atomic E-state index is 13.3. The summed E-state index contributed by atoms with van der Waals surface area (Å²) in [6.45, 7) is 4.38. The summed E-state index contributed by atoms with van der Waals surface area (Å²) >= 11 is 0. The lowest BCUT2D eigenvalue weighted by atomic mass is 10.2. The Morgan fingerprint density at radius 3 is 2.71 bits per heavy atom. The molecule has 1 atom stereocenters. The van der Waals surface area contributed by atoms with Crippen molar-refractivity contribution < 1.29 is 13.6 Å². The zero-order valence-electron chi connectivity index (χ0n) is 9.89. The van der Waals surface area contributed by atoms with E-state index >= 15 is 0 Å². The molecule has 0 heterocycles. The van der Waals surface area contributed by atoms with E-state index in [-0.39, 0.29) is 11.6 Å². The van der Waals surface area contributed by atoms with Crippen LogP contribution in [-0.4, -0.2) is 18.5 Å². The molecule has 0 radical (unpaired) electrons. The molecule has 0 saturated heterocycles. The highest BCUT2D eigenvalue weighted by molar-refractivity contribution is 5.94. The minimum Gasteiger partial charge on any atom is -0.322 e. The first kappa shape index (κ1) is 13.6. The standard InChI is InChI=1S/C12H16F2N2O/c1-3-6-15-8(2)12(17)16-11-5-4-9(13)7-10(11)14/h4-5,7-8,15H,3,6H2,1-2H3,(H,16,17). The van der Waals surface area contributed by atoms with E-state index in [2.05, 4.69) is 10.6 Å². The molecule has 0 fully saturated rings. The lowest BCUT2D eigenvalue weighted by molar-refractivity contribution is -0.117. The Balaban J connectivity index is 2.61. The van der Waals surface area contributed by atoms with E-state index in [1.807, 2.05) is 6.92 Å². The van der Waals surface area contributed by atoms with E-state index in [1.54, 1.807) is 6.92 Å². The second-order valence-electron chi connectivity index (χ2n) is 3.79. The second-order valence-corrected chi connectivity index (χ2v) is 3.79. The Labute approximate surface area is 99.2 Å². The summed E-state index contributed by atoms with van der Waals surface area (Å²) in [5.41, 5.74) is -0.0125. The molecule has 3 nitrogen and oxygen atoms in total. The molecule has 5 heteroatoms. The third kappa shape index (κ3) is 4.11. The average Bonchev–Trinajstić information content (AvgIpc) is 2.29. The van der Waals surface area contributed by atoms with Crippen LogP contribution in [0.5, 0.6) is 0 Å². The molecule has 1 unspecified atom stereocenters. The van der Waals surface area contributed by atoms with Gasteiger partial charge in [0, 0.05) is 6.07 Å². The molecule has 1 aromatic rings. The SMILES string of the molecule is CCCNC(C)C(=O)Nc1ccc(F)cc1F. The summed E-state index contributed by atoms with van der Waals surface area (Å²) in [5, 5.41) is 5.38. The normalized spacial score (nSPS) is 12.2. The molecular formula is C12H16F2N2O. The maximum Gasteiger partial charge on any atom is 0.241 e. The van der Waals surface area contributed by atoms with Crippen molar-refractivity contribution in [2.24, 2.45) is 0 Å². The molecule has 1 rings (SSSR count). The predicted octanol–water partition coefficient (Wildman–Crippen LogP) is 2.29. The van der Waals surface area contributed by atoms with Gasteiger partial charge in [-0.1, -0.05) is 6.92 Å². The fraction of sp³-hybridized carbons (Fsp3) is 0.417. The minimum absolute atomic E-state index is 0.0125. The first-order chi connectivity index (χ1) is 8.04. The van der Waals surface area contributed by atoms with Crippen molar-refractivity contribution in [3.05, 3.63) is 29.8 Å².